The zero-order valence-corrected chi connectivity index (χ0v) is 12.5. The molecular formula is C16H28N2O2. The molecule has 3 aliphatic rings. The van der Waals surface area contributed by atoms with Gasteiger partial charge in [0.15, 0.2) is 0 Å². The quantitative estimate of drug-likeness (QED) is 0.840. The molecule has 1 unspecified atom stereocenters. The van der Waals surface area contributed by atoms with E-state index < -0.39 is 0 Å². The van der Waals surface area contributed by atoms with Crippen LogP contribution in [-0.2, 0) is 9.53 Å². The molecule has 2 saturated heterocycles. The number of morpholine rings is 1. The number of ether oxygens (including phenoxy) is 1. The van der Waals surface area contributed by atoms with Gasteiger partial charge in [-0.2, -0.15) is 0 Å². The molecule has 0 aromatic carbocycles. The number of hydrogen-bond donors (Lipinski definition) is 1. The van der Waals surface area contributed by atoms with Crippen LogP contribution in [0.3, 0.4) is 0 Å². The maximum absolute atomic E-state index is 12.5. The number of piperidine rings is 1. The Morgan fingerprint density at radius 3 is 2.75 bits per heavy atom. The van der Waals surface area contributed by atoms with Crippen molar-refractivity contribution in [3.63, 3.8) is 0 Å². The van der Waals surface area contributed by atoms with Crippen molar-refractivity contribution in [1.82, 2.24) is 10.2 Å². The fourth-order valence-corrected chi connectivity index (χ4v) is 4.22. The van der Waals surface area contributed by atoms with Gasteiger partial charge in [-0.3, -0.25) is 4.79 Å². The Morgan fingerprint density at radius 1 is 1.20 bits per heavy atom. The highest BCUT2D eigenvalue weighted by atomic mass is 16.5. The lowest BCUT2D eigenvalue weighted by atomic mass is 9.69. The van der Waals surface area contributed by atoms with Gasteiger partial charge < -0.3 is 15.0 Å². The first kappa shape index (κ1) is 14.3. The van der Waals surface area contributed by atoms with Crippen LogP contribution in [0.4, 0.5) is 0 Å². The van der Waals surface area contributed by atoms with Crippen LogP contribution < -0.4 is 5.32 Å². The number of hydrogen-bond acceptors (Lipinski definition) is 3. The van der Waals surface area contributed by atoms with Crippen LogP contribution >= 0.6 is 0 Å². The second-order valence-electron chi connectivity index (χ2n) is 6.91. The summed E-state index contributed by atoms with van der Waals surface area (Å²) in [5.74, 6) is 0.331. The number of carbonyl (C=O) groups excluding carboxylic acids is 1. The molecule has 1 N–H and O–H groups in total. The summed E-state index contributed by atoms with van der Waals surface area (Å²) in [7, 11) is 0. The molecule has 1 amide bonds. The van der Waals surface area contributed by atoms with Crippen LogP contribution in [0.15, 0.2) is 0 Å². The van der Waals surface area contributed by atoms with E-state index in [2.05, 4.69) is 10.2 Å². The number of rotatable bonds is 2. The first-order valence-corrected chi connectivity index (χ1v) is 8.36. The molecule has 0 radical (unpaired) electrons. The van der Waals surface area contributed by atoms with E-state index >= 15 is 0 Å². The highest BCUT2D eigenvalue weighted by molar-refractivity contribution is 5.77. The number of likely N-dealkylation sites (tertiary alicyclic amines) is 1. The Balaban J connectivity index is 1.54. The summed E-state index contributed by atoms with van der Waals surface area (Å²) in [6.45, 7) is 4.32. The Bertz CT molecular complexity index is 328. The molecule has 3 rings (SSSR count). The monoisotopic (exact) mass is 280 g/mol. The molecule has 1 aliphatic carbocycles. The van der Waals surface area contributed by atoms with E-state index in [0.717, 1.165) is 26.2 Å². The largest absolute Gasteiger partial charge is 0.378 e. The number of amides is 1. The van der Waals surface area contributed by atoms with E-state index in [-0.39, 0.29) is 6.04 Å². The van der Waals surface area contributed by atoms with Gasteiger partial charge in [0.05, 0.1) is 13.2 Å². The van der Waals surface area contributed by atoms with E-state index in [1.54, 1.807) is 0 Å². The average Bonchev–Trinajstić information content (AvgIpc) is 2.49. The summed E-state index contributed by atoms with van der Waals surface area (Å²) in [5.41, 5.74) is 0.461. The maximum atomic E-state index is 12.5. The first-order chi connectivity index (χ1) is 9.77. The van der Waals surface area contributed by atoms with E-state index in [0.29, 0.717) is 24.3 Å². The Morgan fingerprint density at radius 2 is 2.00 bits per heavy atom. The zero-order chi connectivity index (χ0) is 13.8. The molecule has 1 atom stereocenters. The Labute approximate surface area is 122 Å². The lowest BCUT2D eigenvalue weighted by Gasteiger charge is -2.45. The standard InChI is InChI=1S/C16H28N2O2/c19-15(11-14-12-20-10-8-17-14)18-9-4-7-16(13-18)5-2-1-3-6-16/h14,17H,1-13H2. The molecule has 0 aromatic heterocycles. The van der Waals surface area contributed by atoms with Crippen molar-refractivity contribution in [2.75, 3.05) is 32.8 Å². The highest BCUT2D eigenvalue weighted by Gasteiger charge is 2.38. The molecule has 4 nitrogen and oxygen atoms in total. The lowest BCUT2D eigenvalue weighted by molar-refractivity contribution is -0.136. The molecule has 114 valence electrons. The van der Waals surface area contributed by atoms with Crippen molar-refractivity contribution in [2.45, 2.75) is 57.4 Å². The van der Waals surface area contributed by atoms with Crippen molar-refractivity contribution in [3.8, 4) is 0 Å². The Kier molecular flexibility index (Phi) is 4.61. The van der Waals surface area contributed by atoms with E-state index in [4.69, 9.17) is 4.74 Å². The molecule has 2 heterocycles. The van der Waals surface area contributed by atoms with Crippen LogP contribution in [0.5, 0.6) is 0 Å². The fourth-order valence-electron chi connectivity index (χ4n) is 4.22. The van der Waals surface area contributed by atoms with Crippen LogP contribution in [0, 0.1) is 5.41 Å². The molecule has 1 saturated carbocycles. The van der Waals surface area contributed by atoms with Gasteiger partial charge in [0.1, 0.15) is 0 Å². The van der Waals surface area contributed by atoms with Crippen molar-refractivity contribution >= 4 is 5.91 Å². The Hall–Kier alpha value is -0.610. The van der Waals surface area contributed by atoms with Crippen LogP contribution in [-0.4, -0.2) is 49.7 Å². The maximum Gasteiger partial charge on any atom is 0.224 e. The highest BCUT2D eigenvalue weighted by Crippen LogP contribution is 2.43. The van der Waals surface area contributed by atoms with Gasteiger partial charge in [-0.05, 0) is 31.1 Å². The number of nitrogens with zero attached hydrogens (tertiary/aromatic N) is 1. The van der Waals surface area contributed by atoms with E-state index in [1.807, 2.05) is 0 Å². The molecular weight excluding hydrogens is 252 g/mol. The molecule has 0 bridgehead atoms. The SMILES string of the molecule is O=C(CC1COCCN1)N1CCCC2(CCCCC2)C1. The second-order valence-corrected chi connectivity index (χ2v) is 6.91. The van der Waals surface area contributed by atoms with Crippen LogP contribution in [0.25, 0.3) is 0 Å². The van der Waals surface area contributed by atoms with Gasteiger partial charge in [-0.15, -0.1) is 0 Å². The summed E-state index contributed by atoms with van der Waals surface area (Å²) < 4.78 is 5.45. The van der Waals surface area contributed by atoms with Gasteiger partial charge in [-0.1, -0.05) is 19.3 Å². The third-order valence-corrected chi connectivity index (χ3v) is 5.35. The van der Waals surface area contributed by atoms with Crippen molar-refractivity contribution < 1.29 is 9.53 Å². The summed E-state index contributed by atoms with van der Waals surface area (Å²) >= 11 is 0. The topological polar surface area (TPSA) is 41.6 Å². The minimum absolute atomic E-state index is 0.223. The normalized spacial score (nSPS) is 30.4. The third-order valence-electron chi connectivity index (χ3n) is 5.35. The molecule has 1 spiro atoms. The molecule has 20 heavy (non-hydrogen) atoms. The zero-order valence-electron chi connectivity index (χ0n) is 12.5. The third kappa shape index (κ3) is 3.34. The van der Waals surface area contributed by atoms with Crippen LogP contribution in [0.1, 0.15) is 51.4 Å². The summed E-state index contributed by atoms with van der Waals surface area (Å²) in [6, 6.07) is 0.223. The molecule has 2 aliphatic heterocycles. The van der Waals surface area contributed by atoms with Crippen molar-refractivity contribution in [1.29, 1.82) is 0 Å². The van der Waals surface area contributed by atoms with Gasteiger partial charge in [-0.25, -0.2) is 0 Å². The summed E-state index contributed by atoms with van der Waals surface area (Å²) in [4.78, 5) is 14.7. The second kappa shape index (κ2) is 6.44. The smallest absolute Gasteiger partial charge is 0.224 e. The first-order valence-electron chi connectivity index (χ1n) is 8.36. The number of nitrogens with one attached hydrogen (secondary N) is 1. The van der Waals surface area contributed by atoms with E-state index in [1.165, 1.54) is 44.9 Å². The van der Waals surface area contributed by atoms with Gasteiger partial charge in [0, 0.05) is 32.1 Å². The summed E-state index contributed by atoms with van der Waals surface area (Å²) in [5, 5.41) is 3.39. The van der Waals surface area contributed by atoms with Gasteiger partial charge in [0.25, 0.3) is 0 Å². The minimum Gasteiger partial charge on any atom is -0.378 e. The van der Waals surface area contributed by atoms with Crippen molar-refractivity contribution in [2.24, 2.45) is 5.41 Å². The molecule has 4 heteroatoms. The van der Waals surface area contributed by atoms with E-state index in [9.17, 15) is 4.79 Å². The predicted octanol–water partition coefficient (Wildman–Crippen LogP) is 1.94. The average molecular weight is 280 g/mol. The fraction of sp³-hybridized carbons (Fsp3) is 0.938. The molecule has 3 fully saturated rings. The summed E-state index contributed by atoms with van der Waals surface area (Å²) in [6.07, 6.45) is 9.92. The minimum atomic E-state index is 0.223. The van der Waals surface area contributed by atoms with Crippen molar-refractivity contribution in [3.05, 3.63) is 0 Å². The van der Waals surface area contributed by atoms with Crippen LogP contribution in [0.2, 0.25) is 0 Å². The van der Waals surface area contributed by atoms with Gasteiger partial charge >= 0.3 is 0 Å². The predicted molar refractivity (Wildman–Crippen MR) is 78.6 cm³/mol. The number of carbonyl (C=O) groups is 1. The van der Waals surface area contributed by atoms with Gasteiger partial charge in [0.2, 0.25) is 5.91 Å². The lowest BCUT2D eigenvalue weighted by Crippen LogP contribution is -2.50. The molecule has 0 aromatic rings.